The van der Waals surface area contributed by atoms with Crippen molar-refractivity contribution in [1.82, 2.24) is 0 Å². The first-order valence-corrected chi connectivity index (χ1v) is 4.98. The third-order valence-electron chi connectivity index (χ3n) is 1.81. The Morgan fingerprint density at radius 2 is 2.21 bits per heavy atom. The standard InChI is InChI=1S/C9H14N4S/c1-4-10-7-5-11-12-8(6(2)3)9(7)13-14/h5-6,14H,4H2,1-3H3/b10-7-,13-9+. The smallest absolute Gasteiger partial charge is 0.121 e. The van der Waals surface area contributed by atoms with Gasteiger partial charge in [0.1, 0.15) is 11.4 Å². The highest BCUT2D eigenvalue weighted by atomic mass is 32.1. The summed E-state index contributed by atoms with van der Waals surface area (Å²) in [6.07, 6.45) is 1.62. The normalized spacial score (nSPS) is 22.2. The molecule has 0 saturated carbocycles. The first-order valence-electron chi connectivity index (χ1n) is 4.58. The summed E-state index contributed by atoms with van der Waals surface area (Å²) >= 11 is 3.93. The highest BCUT2D eigenvalue weighted by molar-refractivity contribution is 7.79. The first-order chi connectivity index (χ1) is 6.70. The summed E-state index contributed by atoms with van der Waals surface area (Å²) in [6.45, 7) is 6.77. The Kier molecular flexibility index (Phi) is 4.00. The molecule has 4 nitrogen and oxygen atoms in total. The minimum absolute atomic E-state index is 0.278. The van der Waals surface area contributed by atoms with Crippen molar-refractivity contribution in [3.8, 4) is 0 Å². The fourth-order valence-electron chi connectivity index (χ4n) is 1.16. The molecule has 0 spiro atoms. The van der Waals surface area contributed by atoms with Gasteiger partial charge in [-0.25, -0.2) is 4.40 Å². The molecule has 1 aliphatic rings. The van der Waals surface area contributed by atoms with Gasteiger partial charge in [-0.3, -0.25) is 4.99 Å². The van der Waals surface area contributed by atoms with Crippen molar-refractivity contribution in [3.05, 3.63) is 0 Å². The van der Waals surface area contributed by atoms with Crippen molar-refractivity contribution in [1.29, 1.82) is 0 Å². The van der Waals surface area contributed by atoms with Crippen LogP contribution in [-0.2, 0) is 0 Å². The van der Waals surface area contributed by atoms with Crippen molar-refractivity contribution in [3.63, 3.8) is 0 Å². The molecule has 0 radical (unpaired) electrons. The summed E-state index contributed by atoms with van der Waals surface area (Å²) in [7, 11) is 0. The van der Waals surface area contributed by atoms with E-state index in [1.165, 1.54) is 0 Å². The summed E-state index contributed by atoms with van der Waals surface area (Å²) in [5, 5.41) is 7.93. The molecule has 76 valence electrons. The molecule has 0 unspecified atom stereocenters. The Bertz CT molecular complexity index is 326. The SMILES string of the molecule is CC/N=C1/C=NN=C(C(C)C)/C1=N/S. The summed E-state index contributed by atoms with van der Waals surface area (Å²) in [5.74, 6) is 0.278. The zero-order valence-electron chi connectivity index (χ0n) is 8.60. The summed E-state index contributed by atoms with van der Waals surface area (Å²) in [6, 6.07) is 0. The zero-order chi connectivity index (χ0) is 10.6. The largest absolute Gasteiger partial charge is 0.282 e. The summed E-state index contributed by atoms with van der Waals surface area (Å²) in [5.41, 5.74) is 2.34. The second-order valence-electron chi connectivity index (χ2n) is 3.19. The van der Waals surface area contributed by atoms with Crippen LogP contribution in [-0.4, -0.2) is 29.9 Å². The van der Waals surface area contributed by atoms with Gasteiger partial charge >= 0.3 is 0 Å². The Labute approximate surface area is 89.5 Å². The number of hydrogen-bond acceptors (Lipinski definition) is 5. The van der Waals surface area contributed by atoms with Gasteiger partial charge in [-0.1, -0.05) is 13.8 Å². The summed E-state index contributed by atoms with van der Waals surface area (Å²) < 4.78 is 3.91. The molecule has 0 aromatic rings. The maximum Gasteiger partial charge on any atom is 0.121 e. The Morgan fingerprint density at radius 3 is 2.71 bits per heavy atom. The average Bonchev–Trinajstić information content (AvgIpc) is 2.18. The van der Waals surface area contributed by atoms with Gasteiger partial charge in [0.15, 0.2) is 0 Å². The molecule has 1 aliphatic heterocycles. The number of aliphatic imine (C=N–C) groups is 1. The minimum Gasteiger partial charge on any atom is -0.282 e. The van der Waals surface area contributed by atoms with E-state index in [-0.39, 0.29) is 5.92 Å². The lowest BCUT2D eigenvalue weighted by molar-refractivity contribution is 0.886. The lowest BCUT2D eigenvalue weighted by Crippen LogP contribution is -2.31. The van der Waals surface area contributed by atoms with Crippen LogP contribution in [0.2, 0.25) is 0 Å². The van der Waals surface area contributed by atoms with Crippen molar-refractivity contribution >= 4 is 36.2 Å². The van der Waals surface area contributed by atoms with E-state index in [0.717, 1.165) is 17.1 Å². The minimum atomic E-state index is 0.278. The highest BCUT2D eigenvalue weighted by Crippen LogP contribution is 2.07. The first kappa shape index (κ1) is 11.1. The molecular formula is C9H14N4S. The van der Waals surface area contributed by atoms with Gasteiger partial charge in [0, 0.05) is 6.54 Å². The van der Waals surface area contributed by atoms with Crippen molar-refractivity contribution in [2.75, 3.05) is 6.54 Å². The zero-order valence-corrected chi connectivity index (χ0v) is 9.49. The van der Waals surface area contributed by atoms with E-state index in [2.05, 4.69) is 32.4 Å². The molecule has 0 atom stereocenters. The molecule has 0 bridgehead atoms. The van der Waals surface area contributed by atoms with Gasteiger partial charge in [0.25, 0.3) is 0 Å². The lowest BCUT2D eigenvalue weighted by atomic mass is 10.00. The Balaban J connectivity index is 3.07. The van der Waals surface area contributed by atoms with Gasteiger partial charge in [0.05, 0.1) is 11.9 Å². The summed E-state index contributed by atoms with van der Waals surface area (Å²) in [4.78, 5) is 4.28. The van der Waals surface area contributed by atoms with Crippen molar-refractivity contribution < 1.29 is 0 Å². The quantitative estimate of drug-likeness (QED) is 0.676. The van der Waals surface area contributed by atoms with Crippen LogP contribution in [0.3, 0.4) is 0 Å². The lowest BCUT2D eigenvalue weighted by Gasteiger charge is -2.13. The Hall–Kier alpha value is -0.970. The molecule has 0 saturated heterocycles. The molecule has 0 aromatic carbocycles. The number of nitrogens with zero attached hydrogens (tertiary/aromatic N) is 4. The molecule has 0 N–H and O–H groups in total. The van der Waals surface area contributed by atoms with Gasteiger partial charge in [-0.2, -0.15) is 10.2 Å². The molecule has 0 amide bonds. The molecule has 0 aromatic heterocycles. The fourth-order valence-corrected chi connectivity index (χ4v) is 1.37. The second-order valence-corrected chi connectivity index (χ2v) is 3.39. The topological polar surface area (TPSA) is 49.4 Å². The number of hydrogen-bond donors (Lipinski definition) is 1. The van der Waals surface area contributed by atoms with Crippen LogP contribution in [0.25, 0.3) is 0 Å². The third-order valence-corrected chi connectivity index (χ3v) is 2.01. The van der Waals surface area contributed by atoms with Crippen LogP contribution in [0.15, 0.2) is 19.6 Å². The maximum absolute atomic E-state index is 4.28. The Morgan fingerprint density at radius 1 is 1.50 bits per heavy atom. The molecule has 0 aliphatic carbocycles. The third kappa shape index (κ3) is 2.29. The number of rotatable bonds is 2. The molecule has 1 rings (SSSR count). The molecule has 0 fully saturated rings. The molecular weight excluding hydrogens is 196 g/mol. The van der Waals surface area contributed by atoms with Gasteiger partial charge in [0.2, 0.25) is 0 Å². The van der Waals surface area contributed by atoms with Crippen LogP contribution < -0.4 is 0 Å². The maximum atomic E-state index is 4.28. The van der Waals surface area contributed by atoms with E-state index in [1.807, 2.05) is 20.8 Å². The van der Waals surface area contributed by atoms with E-state index in [0.29, 0.717) is 6.54 Å². The molecule has 5 heteroatoms. The van der Waals surface area contributed by atoms with E-state index in [1.54, 1.807) is 6.21 Å². The molecule has 1 heterocycles. The van der Waals surface area contributed by atoms with E-state index in [9.17, 15) is 0 Å². The van der Waals surface area contributed by atoms with Crippen LogP contribution in [0.5, 0.6) is 0 Å². The van der Waals surface area contributed by atoms with Crippen LogP contribution >= 0.6 is 12.8 Å². The monoisotopic (exact) mass is 210 g/mol. The second kappa shape index (κ2) is 5.05. The van der Waals surface area contributed by atoms with Crippen molar-refractivity contribution in [2.24, 2.45) is 25.5 Å². The predicted octanol–water partition coefficient (Wildman–Crippen LogP) is 1.83. The fraction of sp³-hybridized carbons (Fsp3) is 0.556. The van der Waals surface area contributed by atoms with E-state index in [4.69, 9.17) is 0 Å². The highest BCUT2D eigenvalue weighted by Gasteiger charge is 2.20. The van der Waals surface area contributed by atoms with Gasteiger partial charge in [-0.05, 0) is 25.7 Å². The van der Waals surface area contributed by atoms with Crippen LogP contribution in [0.4, 0.5) is 0 Å². The van der Waals surface area contributed by atoms with E-state index >= 15 is 0 Å². The van der Waals surface area contributed by atoms with Gasteiger partial charge in [-0.15, -0.1) is 0 Å². The van der Waals surface area contributed by atoms with Gasteiger partial charge < -0.3 is 0 Å². The van der Waals surface area contributed by atoms with Crippen molar-refractivity contribution in [2.45, 2.75) is 20.8 Å². The van der Waals surface area contributed by atoms with E-state index < -0.39 is 0 Å². The van der Waals surface area contributed by atoms with Crippen LogP contribution in [0.1, 0.15) is 20.8 Å². The average molecular weight is 210 g/mol. The molecule has 14 heavy (non-hydrogen) atoms. The number of thiol groups is 1. The van der Waals surface area contributed by atoms with Crippen LogP contribution in [0, 0.1) is 5.92 Å². The predicted molar refractivity (Wildman–Crippen MR) is 65.2 cm³/mol.